The highest BCUT2D eigenvalue weighted by atomic mass is 79.9. The van der Waals surface area contributed by atoms with Crippen LogP contribution in [0.3, 0.4) is 0 Å². The zero-order chi connectivity index (χ0) is 15.1. The minimum atomic E-state index is 0.791. The van der Waals surface area contributed by atoms with Crippen molar-refractivity contribution in [2.75, 3.05) is 17.2 Å². The van der Waals surface area contributed by atoms with Crippen molar-refractivity contribution in [3.63, 3.8) is 0 Å². The van der Waals surface area contributed by atoms with Gasteiger partial charge in [-0.1, -0.05) is 41.8 Å². The van der Waals surface area contributed by atoms with E-state index in [9.17, 15) is 0 Å². The Morgan fingerprint density at radius 1 is 1.10 bits per heavy atom. The van der Waals surface area contributed by atoms with Gasteiger partial charge in [0.1, 0.15) is 18.0 Å². The smallest absolute Gasteiger partial charge is 0.135 e. The predicted octanol–water partition coefficient (Wildman–Crippen LogP) is 4.89. The fourth-order valence-electron chi connectivity index (χ4n) is 1.93. The first kappa shape index (κ1) is 15.8. The lowest BCUT2D eigenvalue weighted by atomic mass is 10.2. The Kier molecular flexibility index (Phi) is 5.99. The van der Waals surface area contributed by atoms with Crippen LogP contribution < -0.4 is 10.6 Å². The van der Waals surface area contributed by atoms with Crippen molar-refractivity contribution >= 4 is 33.3 Å². The van der Waals surface area contributed by atoms with Crippen LogP contribution in [0.5, 0.6) is 0 Å². The summed E-state index contributed by atoms with van der Waals surface area (Å²) in [5, 5.41) is 6.62. The van der Waals surface area contributed by atoms with E-state index in [-0.39, 0.29) is 0 Å². The van der Waals surface area contributed by atoms with Gasteiger partial charge in [0, 0.05) is 22.8 Å². The number of hydrogen-bond donors (Lipinski definition) is 2. The maximum Gasteiger partial charge on any atom is 0.135 e. The van der Waals surface area contributed by atoms with Gasteiger partial charge in [-0.3, -0.25) is 0 Å². The number of nitrogens with one attached hydrogen (secondary N) is 2. The summed E-state index contributed by atoms with van der Waals surface area (Å²) in [6.45, 7) is 5.21. The number of hydrogen-bond acceptors (Lipinski definition) is 4. The third-order valence-electron chi connectivity index (χ3n) is 3.20. The second-order valence-electron chi connectivity index (χ2n) is 5.01. The van der Waals surface area contributed by atoms with Crippen LogP contribution in [-0.4, -0.2) is 16.5 Å². The number of anilines is 3. The van der Waals surface area contributed by atoms with Gasteiger partial charge in [0.2, 0.25) is 0 Å². The normalized spacial score (nSPS) is 10.4. The van der Waals surface area contributed by atoms with E-state index in [1.807, 2.05) is 18.2 Å². The topological polar surface area (TPSA) is 49.8 Å². The molecule has 0 unspecified atom stereocenters. The molecule has 0 saturated heterocycles. The Hall–Kier alpha value is -1.62. The Labute approximate surface area is 134 Å². The van der Waals surface area contributed by atoms with E-state index in [0.29, 0.717) is 0 Å². The zero-order valence-corrected chi connectivity index (χ0v) is 14.1. The van der Waals surface area contributed by atoms with Crippen molar-refractivity contribution in [1.82, 2.24) is 9.97 Å². The highest BCUT2D eigenvalue weighted by molar-refractivity contribution is 9.10. The predicted molar refractivity (Wildman–Crippen MR) is 92.2 cm³/mol. The second kappa shape index (κ2) is 7.98. The molecule has 0 atom stereocenters. The number of unbranched alkanes of at least 4 members (excludes halogenated alkanes) is 2. The number of aryl methyl sites for hydroxylation is 1. The molecule has 0 amide bonds. The number of nitrogens with zero attached hydrogens (tertiary/aromatic N) is 2. The third kappa shape index (κ3) is 5.01. The van der Waals surface area contributed by atoms with E-state index in [1.54, 1.807) is 6.33 Å². The van der Waals surface area contributed by atoms with Crippen LogP contribution in [0.1, 0.15) is 31.7 Å². The summed E-state index contributed by atoms with van der Waals surface area (Å²) >= 11 is 3.54. The molecule has 1 heterocycles. The molecule has 1 aromatic carbocycles. The molecule has 4 nitrogen and oxygen atoms in total. The first-order chi connectivity index (χ1) is 10.2. The fourth-order valence-corrected chi connectivity index (χ4v) is 2.31. The van der Waals surface area contributed by atoms with Gasteiger partial charge in [0.05, 0.1) is 0 Å². The van der Waals surface area contributed by atoms with Crippen molar-refractivity contribution in [2.45, 2.75) is 33.1 Å². The molecular weight excluding hydrogens is 328 g/mol. The standard InChI is InChI=1S/C16H21BrN4/c1-3-4-5-8-18-15-10-16(20-11-19-15)21-13-7-6-12(2)14(17)9-13/h6-7,9-11H,3-5,8H2,1-2H3,(H2,18,19,20,21). The molecule has 0 spiro atoms. The lowest BCUT2D eigenvalue weighted by Crippen LogP contribution is -2.04. The van der Waals surface area contributed by atoms with E-state index < -0.39 is 0 Å². The summed E-state index contributed by atoms with van der Waals surface area (Å²) < 4.78 is 1.08. The SMILES string of the molecule is CCCCCNc1cc(Nc2ccc(C)c(Br)c2)ncn1. The zero-order valence-electron chi connectivity index (χ0n) is 12.5. The third-order valence-corrected chi connectivity index (χ3v) is 4.05. The largest absolute Gasteiger partial charge is 0.370 e. The molecule has 21 heavy (non-hydrogen) atoms. The van der Waals surface area contributed by atoms with Gasteiger partial charge in [0.25, 0.3) is 0 Å². The van der Waals surface area contributed by atoms with Gasteiger partial charge >= 0.3 is 0 Å². The highest BCUT2D eigenvalue weighted by Gasteiger charge is 2.01. The van der Waals surface area contributed by atoms with Crippen LogP contribution in [0.4, 0.5) is 17.3 Å². The molecule has 0 aliphatic carbocycles. The van der Waals surface area contributed by atoms with Gasteiger partial charge in [-0.15, -0.1) is 0 Å². The Morgan fingerprint density at radius 2 is 1.90 bits per heavy atom. The van der Waals surface area contributed by atoms with Gasteiger partial charge in [-0.05, 0) is 31.0 Å². The monoisotopic (exact) mass is 348 g/mol. The molecule has 0 fully saturated rings. The average molecular weight is 349 g/mol. The van der Waals surface area contributed by atoms with Gasteiger partial charge in [-0.25, -0.2) is 9.97 Å². The number of halogens is 1. The maximum atomic E-state index is 4.25. The van der Waals surface area contributed by atoms with Crippen LogP contribution in [0.2, 0.25) is 0 Å². The highest BCUT2D eigenvalue weighted by Crippen LogP contribution is 2.23. The van der Waals surface area contributed by atoms with Crippen molar-refractivity contribution < 1.29 is 0 Å². The second-order valence-corrected chi connectivity index (χ2v) is 5.87. The fraction of sp³-hybridized carbons (Fsp3) is 0.375. The van der Waals surface area contributed by atoms with Crippen LogP contribution in [0.15, 0.2) is 35.1 Å². The minimum absolute atomic E-state index is 0.791. The van der Waals surface area contributed by atoms with Crippen LogP contribution in [0, 0.1) is 6.92 Å². The maximum absolute atomic E-state index is 4.25. The lowest BCUT2D eigenvalue weighted by Gasteiger charge is -2.09. The first-order valence-electron chi connectivity index (χ1n) is 7.28. The molecule has 1 aromatic heterocycles. The Bertz CT molecular complexity index is 586. The molecule has 2 N–H and O–H groups in total. The van der Waals surface area contributed by atoms with E-state index in [1.165, 1.54) is 18.4 Å². The molecule has 2 aromatic rings. The van der Waals surface area contributed by atoms with E-state index in [4.69, 9.17) is 0 Å². The lowest BCUT2D eigenvalue weighted by molar-refractivity contribution is 0.742. The first-order valence-corrected chi connectivity index (χ1v) is 8.07. The Morgan fingerprint density at radius 3 is 2.67 bits per heavy atom. The van der Waals surface area contributed by atoms with E-state index in [0.717, 1.165) is 34.8 Å². The molecule has 0 bridgehead atoms. The summed E-state index contributed by atoms with van der Waals surface area (Å²) in [5.74, 6) is 1.65. The number of rotatable bonds is 7. The van der Waals surface area contributed by atoms with Crippen molar-refractivity contribution in [1.29, 1.82) is 0 Å². The van der Waals surface area contributed by atoms with Crippen LogP contribution in [-0.2, 0) is 0 Å². The summed E-state index contributed by atoms with van der Waals surface area (Å²) in [6, 6.07) is 8.08. The van der Waals surface area contributed by atoms with E-state index >= 15 is 0 Å². The van der Waals surface area contributed by atoms with Crippen molar-refractivity contribution in [3.8, 4) is 0 Å². The summed E-state index contributed by atoms with van der Waals surface area (Å²) in [6.07, 6.45) is 5.20. The van der Waals surface area contributed by atoms with Crippen LogP contribution >= 0.6 is 15.9 Å². The molecule has 5 heteroatoms. The number of aromatic nitrogens is 2. The molecule has 2 rings (SSSR count). The van der Waals surface area contributed by atoms with Crippen molar-refractivity contribution in [3.05, 3.63) is 40.6 Å². The van der Waals surface area contributed by atoms with Crippen molar-refractivity contribution in [2.24, 2.45) is 0 Å². The number of benzene rings is 1. The van der Waals surface area contributed by atoms with Gasteiger partial charge < -0.3 is 10.6 Å². The Balaban J connectivity index is 1.98. The van der Waals surface area contributed by atoms with E-state index in [2.05, 4.69) is 56.4 Å². The molecule has 0 aliphatic rings. The average Bonchev–Trinajstić information content (AvgIpc) is 2.48. The molecule has 0 radical (unpaired) electrons. The molecule has 112 valence electrons. The van der Waals surface area contributed by atoms with Crippen LogP contribution in [0.25, 0.3) is 0 Å². The minimum Gasteiger partial charge on any atom is -0.370 e. The quantitative estimate of drug-likeness (QED) is 0.699. The summed E-state index contributed by atoms with van der Waals surface area (Å²) in [4.78, 5) is 8.49. The molecular formula is C16H21BrN4. The molecule has 0 aliphatic heterocycles. The van der Waals surface area contributed by atoms with Gasteiger partial charge in [0.15, 0.2) is 0 Å². The summed E-state index contributed by atoms with van der Waals surface area (Å²) in [5.41, 5.74) is 2.21. The molecule has 0 saturated carbocycles. The summed E-state index contributed by atoms with van der Waals surface area (Å²) in [7, 11) is 0. The van der Waals surface area contributed by atoms with Gasteiger partial charge in [-0.2, -0.15) is 0 Å².